The average molecular weight is 319 g/mol. The van der Waals surface area contributed by atoms with Crippen LogP contribution in [-0.2, 0) is 4.74 Å². The van der Waals surface area contributed by atoms with Crippen molar-refractivity contribution in [1.82, 2.24) is 5.32 Å². The van der Waals surface area contributed by atoms with E-state index in [9.17, 15) is 0 Å². The van der Waals surface area contributed by atoms with E-state index >= 15 is 0 Å². The molecular formula is C18H29N3O2. The molecule has 0 aromatic heterocycles. The second-order valence-electron chi connectivity index (χ2n) is 6.63. The molecule has 2 N–H and O–H groups in total. The molecule has 2 saturated heterocycles. The van der Waals surface area contributed by atoms with Crippen LogP contribution in [0.25, 0.3) is 0 Å². The molecule has 2 fully saturated rings. The first-order chi connectivity index (χ1) is 11.2. The quantitative estimate of drug-likeness (QED) is 0.873. The molecule has 128 valence electrons. The first-order valence-electron chi connectivity index (χ1n) is 8.83. The van der Waals surface area contributed by atoms with E-state index in [0.29, 0.717) is 6.04 Å². The summed E-state index contributed by atoms with van der Waals surface area (Å²) < 4.78 is 11.4. The zero-order valence-electron chi connectivity index (χ0n) is 14.3. The summed E-state index contributed by atoms with van der Waals surface area (Å²) in [6.07, 6.45) is 2.65. The van der Waals surface area contributed by atoms with Gasteiger partial charge in [-0.2, -0.15) is 0 Å². The summed E-state index contributed by atoms with van der Waals surface area (Å²) >= 11 is 0. The molecule has 0 unspecified atom stereocenters. The van der Waals surface area contributed by atoms with Gasteiger partial charge < -0.3 is 25.0 Å². The maximum atomic E-state index is 5.89. The molecule has 0 amide bonds. The van der Waals surface area contributed by atoms with E-state index in [1.807, 2.05) is 0 Å². The van der Waals surface area contributed by atoms with Crippen LogP contribution in [0.4, 0.5) is 11.4 Å². The normalized spacial score (nSPS) is 22.2. The summed E-state index contributed by atoms with van der Waals surface area (Å²) in [5, 5.41) is 7.20. The second kappa shape index (κ2) is 7.88. The molecule has 0 bridgehead atoms. The molecule has 0 radical (unpaired) electrons. The Hall–Kier alpha value is -1.46. The van der Waals surface area contributed by atoms with E-state index in [1.54, 1.807) is 0 Å². The number of anilines is 2. The summed E-state index contributed by atoms with van der Waals surface area (Å²) in [7, 11) is 0. The van der Waals surface area contributed by atoms with Crippen LogP contribution in [-0.4, -0.2) is 51.5 Å². The maximum absolute atomic E-state index is 5.89. The van der Waals surface area contributed by atoms with Gasteiger partial charge in [0.2, 0.25) is 0 Å². The van der Waals surface area contributed by atoms with E-state index in [4.69, 9.17) is 9.47 Å². The fraction of sp³-hybridized carbons (Fsp3) is 0.667. The summed E-state index contributed by atoms with van der Waals surface area (Å²) in [5.74, 6) is 0.939. The van der Waals surface area contributed by atoms with Gasteiger partial charge >= 0.3 is 0 Å². The Morgan fingerprint density at radius 1 is 1.30 bits per heavy atom. The lowest BCUT2D eigenvalue weighted by atomic mass is 10.1. The van der Waals surface area contributed by atoms with Crippen LogP contribution in [0.5, 0.6) is 5.75 Å². The van der Waals surface area contributed by atoms with E-state index in [-0.39, 0.29) is 6.10 Å². The third kappa shape index (κ3) is 4.52. The first kappa shape index (κ1) is 16.4. The van der Waals surface area contributed by atoms with Gasteiger partial charge in [0.25, 0.3) is 0 Å². The van der Waals surface area contributed by atoms with Gasteiger partial charge in [-0.1, -0.05) is 0 Å². The second-order valence-corrected chi connectivity index (χ2v) is 6.63. The average Bonchev–Trinajstić information content (AvgIpc) is 2.57. The number of hydrogen-bond acceptors (Lipinski definition) is 5. The molecule has 3 rings (SSSR count). The number of morpholine rings is 1. The van der Waals surface area contributed by atoms with Gasteiger partial charge in [0.15, 0.2) is 0 Å². The van der Waals surface area contributed by atoms with Gasteiger partial charge in [-0.25, -0.2) is 0 Å². The predicted molar refractivity (Wildman–Crippen MR) is 94.8 cm³/mol. The fourth-order valence-electron chi connectivity index (χ4n) is 3.24. The Labute approximate surface area is 139 Å². The van der Waals surface area contributed by atoms with Crippen molar-refractivity contribution in [2.45, 2.75) is 38.8 Å². The Kier molecular flexibility index (Phi) is 5.62. The van der Waals surface area contributed by atoms with Gasteiger partial charge in [0.05, 0.1) is 30.7 Å². The minimum absolute atomic E-state index is 0.189. The molecule has 0 saturated carbocycles. The molecule has 5 nitrogen and oxygen atoms in total. The van der Waals surface area contributed by atoms with Crippen LogP contribution in [0.1, 0.15) is 26.7 Å². The molecule has 2 heterocycles. The molecule has 23 heavy (non-hydrogen) atoms. The van der Waals surface area contributed by atoms with Gasteiger partial charge in [-0.3, -0.25) is 0 Å². The highest BCUT2D eigenvalue weighted by molar-refractivity contribution is 5.72. The highest BCUT2D eigenvalue weighted by atomic mass is 16.5. The largest absolute Gasteiger partial charge is 0.491 e. The van der Waals surface area contributed by atoms with E-state index in [0.717, 1.165) is 45.1 Å². The monoisotopic (exact) mass is 319 g/mol. The molecule has 1 aromatic carbocycles. The van der Waals surface area contributed by atoms with Gasteiger partial charge in [0, 0.05) is 31.7 Å². The van der Waals surface area contributed by atoms with Gasteiger partial charge in [0.1, 0.15) is 5.75 Å². The summed E-state index contributed by atoms with van der Waals surface area (Å²) in [6.45, 7) is 9.75. The number of benzene rings is 1. The third-order valence-corrected chi connectivity index (χ3v) is 4.35. The van der Waals surface area contributed by atoms with Crippen molar-refractivity contribution in [2.24, 2.45) is 0 Å². The zero-order chi connectivity index (χ0) is 16.1. The van der Waals surface area contributed by atoms with Crippen molar-refractivity contribution in [2.75, 3.05) is 49.6 Å². The molecule has 0 spiro atoms. The Bertz CT molecular complexity index is 495. The highest BCUT2D eigenvalue weighted by Gasteiger charge is 2.19. The van der Waals surface area contributed by atoms with Crippen molar-refractivity contribution >= 4 is 11.4 Å². The number of ether oxygens (including phenoxy) is 2. The lowest BCUT2D eigenvalue weighted by molar-refractivity contribution is 0.122. The van der Waals surface area contributed by atoms with Crippen LogP contribution < -0.4 is 20.3 Å². The van der Waals surface area contributed by atoms with Crippen LogP contribution >= 0.6 is 0 Å². The molecule has 1 aromatic rings. The third-order valence-electron chi connectivity index (χ3n) is 4.35. The lowest BCUT2D eigenvalue weighted by Gasteiger charge is -2.33. The summed E-state index contributed by atoms with van der Waals surface area (Å²) in [4.78, 5) is 2.40. The smallest absolute Gasteiger partial charge is 0.121 e. The van der Waals surface area contributed by atoms with Crippen molar-refractivity contribution in [3.8, 4) is 5.75 Å². The molecule has 2 aliphatic rings. The molecule has 0 aliphatic carbocycles. The topological polar surface area (TPSA) is 45.8 Å². The number of nitrogens with one attached hydrogen (secondary N) is 2. The molecular weight excluding hydrogens is 290 g/mol. The van der Waals surface area contributed by atoms with Crippen LogP contribution in [0.15, 0.2) is 18.2 Å². The van der Waals surface area contributed by atoms with Crippen molar-refractivity contribution in [3.63, 3.8) is 0 Å². The minimum Gasteiger partial charge on any atom is -0.491 e. The van der Waals surface area contributed by atoms with Crippen molar-refractivity contribution < 1.29 is 9.47 Å². The van der Waals surface area contributed by atoms with Crippen LogP contribution in [0.2, 0.25) is 0 Å². The van der Waals surface area contributed by atoms with E-state index in [2.05, 4.69) is 47.6 Å². The minimum atomic E-state index is 0.189. The SMILES string of the molecule is CC(C)Oc1ccc(N[C@@H]2CCCNC2)c(N2CCOCC2)c1. The number of hydrogen-bond donors (Lipinski definition) is 2. The summed E-state index contributed by atoms with van der Waals surface area (Å²) in [5.41, 5.74) is 2.44. The lowest BCUT2D eigenvalue weighted by Crippen LogP contribution is -2.40. The number of piperidine rings is 1. The fourth-order valence-corrected chi connectivity index (χ4v) is 3.24. The van der Waals surface area contributed by atoms with Crippen molar-refractivity contribution in [1.29, 1.82) is 0 Å². The summed E-state index contributed by atoms with van der Waals surface area (Å²) in [6, 6.07) is 6.91. The maximum Gasteiger partial charge on any atom is 0.121 e. The van der Waals surface area contributed by atoms with Crippen molar-refractivity contribution in [3.05, 3.63) is 18.2 Å². The number of nitrogens with zero attached hydrogens (tertiary/aromatic N) is 1. The van der Waals surface area contributed by atoms with Gasteiger partial charge in [-0.15, -0.1) is 0 Å². The van der Waals surface area contributed by atoms with E-state index in [1.165, 1.54) is 24.2 Å². The zero-order valence-corrected chi connectivity index (χ0v) is 14.3. The Morgan fingerprint density at radius 3 is 2.83 bits per heavy atom. The van der Waals surface area contributed by atoms with E-state index < -0.39 is 0 Å². The molecule has 1 atom stereocenters. The van der Waals surface area contributed by atoms with Crippen LogP contribution in [0.3, 0.4) is 0 Å². The Morgan fingerprint density at radius 2 is 2.13 bits per heavy atom. The predicted octanol–water partition coefficient (Wildman–Crippen LogP) is 2.47. The van der Waals surface area contributed by atoms with Crippen LogP contribution in [0, 0.1) is 0 Å². The molecule has 2 aliphatic heterocycles. The van der Waals surface area contributed by atoms with Gasteiger partial charge in [-0.05, 0) is 45.4 Å². The standard InChI is InChI=1S/C18H29N3O2/c1-14(2)23-16-5-6-17(20-15-4-3-7-19-13-15)18(12-16)21-8-10-22-11-9-21/h5-6,12,14-15,19-20H,3-4,7-11,13H2,1-2H3/t15-/m1/s1. The molecule has 5 heteroatoms. The Balaban J connectivity index is 1.80. The highest BCUT2D eigenvalue weighted by Crippen LogP contribution is 2.32. The number of rotatable bonds is 5. The first-order valence-corrected chi connectivity index (χ1v) is 8.83.